The van der Waals surface area contributed by atoms with Crippen LogP contribution in [0.15, 0.2) is 58.8 Å². The highest BCUT2D eigenvalue weighted by Gasteiger charge is 2.35. The summed E-state index contributed by atoms with van der Waals surface area (Å²) in [7, 11) is 3.17. The molecular formula is C26H30N4O4. The van der Waals surface area contributed by atoms with Crippen LogP contribution in [0, 0.1) is 0 Å². The van der Waals surface area contributed by atoms with Gasteiger partial charge in [0.05, 0.1) is 25.8 Å². The first-order valence-corrected chi connectivity index (χ1v) is 11.5. The van der Waals surface area contributed by atoms with Crippen LogP contribution >= 0.6 is 0 Å². The number of carbonyl (C=O) groups excluding carboxylic acids is 1. The minimum Gasteiger partial charge on any atom is -0.493 e. The molecule has 0 spiro atoms. The number of nitrogens with zero attached hydrogens (tertiary/aromatic N) is 3. The first-order chi connectivity index (χ1) is 16.6. The smallest absolute Gasteiger partial charge is 0.322 e. The average molecular weight is 463 g/mol. The van der Waals surface area contributed by atoms with Gasteiger partial charge in [0.25, 0.3) is 5.89 Å². The number of rotatable bonds is 9. The minimum atomic E-state index is -0.394. The van der Waals surface area contributed by atoms with Gasteiger partial charge in [-0.05, 0) is 37.1 Å². The molecule has 2 heterocycles. The van der Waals surface area contributed by atoms with E-state index in [4.69, 9.17) is 19.0 Å². The van der Waals surface area contributed by atoms with Crippen molar-refractivity contribution in [3.8, 4) is 22.9 Å². The van der Waals surface area contributed by atoms with E-state index < -0.39 is 6.04 Å². The van der Waals surface area contributed by atoms with Crippen molar-refractivity contribution < 1.29 is 18.8 Å². The Hall–Kier alpha value is -3.81. The number of amides is 2. The Bertz CT molecular complexity index is 1170. The van der Waals surface area contributed by atoms with Crippen LogP contribution in [-0.2, 0) is 0 Å². The van der Waals surface area contributed by atoms with Crippen molar-refractivity contribution in [2.24, 2.45) is 0 Å². The number of hydrogen-bond acceptors (Lipinski definition) is 6. The highest BCUT2D eigenvalue weighted by atomic mass is 16.5. The maximum absolute atomic E-state index is 13.0. The molecule has 3 aromatic rings. The molecule has 0 saturated heterocycles. The minimum absolute atomic E-state index is 0.120. The molecule has 1 atom stereocenters. The fourth-order valence-electron chi connectivity index (χ4n) is 4.17. The van der Waals surface area contributed by atoms with E-state index in [1.165, 1.54) is 0 Å². The lowest BCUT2D eigenvalue weighted by molar-refractivity contribution is 0.204. The van der Waals surface area contributed by atoms with Crippen molar-refractivity contribution in [1.29, 1.82) is 0 Å². The van der Waals surface area contributed by atoms with Crippen LogP contribution in [0.3, 0.4) is 0 Å². The summed E-state index contributed by atoms with van der Waals surface area (Å²) in [5.41, 5.74) is 3.30. The third-order valence-corrected chi connectivity index (χ3v) is 6.01. The monoisotopic (exact) mass is 462 g/mol. The SMILES string of the molecule is CCCCCN1C(=O)NC(c2ccccc2)C(c2nc(-c3ccc(OC)c(OC)c3)no2)=C1C. The van der Waals surface area contributed by atoms with Crippen LogP contribution < -0.4 is 14.8 Å². The number of carbonyl (C=O) groups is 1. The zero-order valence-corrected chi connectivity index (χ0v) is 20.0. The van der Waals surface area contributed by atoms with E-state index in [-0.39, 0.29) is 6.03 Å². The molecule has 0 aliphatic carbocycles. The van der Waals surface area contributed by atoms with Crippen LogP contribution in [0.2, 0.25) is 0 Å². The van der Waals surface area contributed by atoms with Gasteiger partial charge in [-0.3, -0.25) is 4.90 Å². The number of ether oxygens (including phenoxy) is 2. The summed E-state index contributed by atoms with van der Waals surface area (Å²) in [6.45, 7) is 4.72. The van der Waals surface area contributed by atoms with Crippen molar-refractivity contribution in [2.45, 2.75) is 39.2 Å². The van der Waals surface area contributed by atoms with Crippen LogP contribution in [0.4, 0.5) is 4.79 Å². The highest BCUT2D eigenvalue weighted by molar-refractivity contribution is 5.86. The second kappa shape index (κ2) is 10.4. The molecule has 1 aliphatic heterocycles. The third-order valence-electron chi connectivity index (χ3n) is 6.01. The number of unbranched alkanes of at least 4 members (excludes halogenated alkanes) is 2. The normalized spacial score (nSPS) is 15.9. The Morgan fingerprint density at radius 1 is 1.06 bits per heavy atom. The molecule has 178 valence electrons. The molecule has 0 saturated carbocycles. The van der Waals surface area contributed by atoms with Gasteiger partial charge in [0, 0.05) is 17.8 Å². The summed E-state index contributed by atoms with van der Waals surface area (Å²) < 4.78 is 16.5. The number of allylic oxidation sites excluding steroid dienone is 1. The van der Waals surface area contributed by atoms with E-state index in [9.17, 15) is 4.79 Å². The van der Waals surface area contributed by atoms with Gasteiger partial charge in [-0.15, -0.1) is 0 Å². The average Bonchev–Trinajstić information content (AvgIpc) is 3.35. The zero-order valence-electron chi connectivity index (χ0n) is 20.0. The fraction of sp³-hybridized carbons (Fsp3) is 0.346. The molecule has 8 heteroatoms. The van der Waals surface area contributed by atoms with Crippen molar-refractivity contribution >= 4 is 11.6 Å². The van der Waals surface area contributed by atoms with Gasteiger partial charge in [-0.2, -0.15) is 4.98 Å². The second-order valence-corrected chi connectivity index (χ2v) is 8.14. The summed E-state index contributed by atoms with van der Waals surface area (Å²) >= 11 is 0. The van der Waals surface area contributed by atoms with Crippen LogP contribution in [0.25, 0.3) is 17.0 Å². The zero-order chi connectivity index (χ0) is 24.1. The molecule has 0 bridgehead atoms. The number of methoxy groups -OCH3 is 2. The van der Waals surface area contributed by atoms with Crippen molar-refractivity contribution in [3.05, 3.63) is 65.7 Å². The third kappa shape index (κ3) is 4.62. The molecule has 2 amide bonds. The summed E-state index contributed by atoms with van der Waals surface area (Å²) in [6.07, 6.45) is 3.06. The lowest BCUT2D eigenvalue weighted by Crippen LogP contribution is -2.46. The molecule has 1 unspecified atom stereocenters. The maximum Gasteiger partial charge on any atom is 0.322 e. The van der Waals surface area contributed by atoms with E-state index in [0.717, 1.165) is 41.7 Å². The van der Waals surface area contributed by atoms with Crippen molar-refractivity contribution in [2.75, 3.05) is 20.8 Å². The molecule has 0 fully saturated rings. The lowest BCUT2D eigenvalue weighted by atomic mass is 9.94. The van der Waals surface area contributed by atoms with E-state index in [1.807, 2.05) is 49.4 Å². The van der Waals surface area contributed by atoms with Crippen LogP contribution in [0.1, 0.15) is 50.6 Å². The van der Waals surface area contributed by atoms with Crippen LogP contribution in [-0.4, -0.2) is 41.8 Å². The predicted molar refractivity (Wildman–Crippen MR) is 129 cm³/mol. The Kier molecular flexibility index (Phi) is 7.15. The second-order valence-electron chi connectivity index (χ2n) is 8.14. The van der Waals surface area contributed by atoms with E-state index in [2.05, 4.69) is 17.4 Å². The van der Waals surface area contributed by atoms with Gasteiger partial charge >= 0.3 is 6.03 Å². The number of urea groups is 1. The van der Waals surface area contributed by atoms with Gasteiger partial charge < -0.3 is 19.3 Å². The molecule has 1 N–H and O–H groups in total. The molecular weight excluding hydrogens is 432 g/mol. The van der Waals surface area contributed by atoms with Gasteiger partial charge in [0.1, 0.15) is 0 Å². The van der Waals surface area contributed by atoms with E-state index >= 15 is 0 Å². The van der Waals surface area contributed by atoms with Crippen molar-refractivity contribution in [1.82, 2.24) is 20.4 Å². The first-order valence-electron chi connectivity index (χ1n) is 11.5. The Labute approximate surface area is 199 Å². The molecule has 1 aliphatic rings. The topological polar surface area (TPSA) is 89.7 Å². The fourth-order valence-corrected chi connectivity index (χ4v) is 4.17. The number of benzene rings is 2. The quantitative estimate of drug-likeness (QED) is 0.426. The molecule has 0 radical (unpaired) electrons. The summed E-state index contributed by atoms with van der Waals surface area (Å²) in [6, 6.07) is 14.8. The number of nitrogens with one attached hydrogen (secondary N) is 1. The number of hydrogen-bond donors (Lipinski definition) is 1. The highest BCUT2D eigenvalue weighted by Crippen LogP contribution is 2.38. The molecule has 4 rings (SSSR count). The Morgan fingerprint density at radius 3 is 2.53 bits per heavy atom. The molecule has 2 aromatic carbocycles. The predicted octanol–water partition coefficient (Wildman–Crippen LogP) is 5.44. The van der Waals surface area contributed by atoms with Gasteiger partial charge in [0.2, 0.25) is 5.82 Å². The Morgan fingerprint density at radius 2 is 1.82 bits per heavy atom. The standard InChI is InChI=1S/C26H30N4O4/c1-5-6-10-15-30-17(2)22(23(27-26(30)31)18-11-8-7-9-12-18)25-28-24(29-34-25)19-13-14-20(32-3)21(16-19)33-4/h7-9,11-14,16,23H,5-6,10,15H2,1-4H3,(H,27,31). The maximum atomic E-state index is 13.0. The molecule has 8 nitrogen and oxygen atoms in total. The largest absolute Gasteiger partial charge is 0.493 e. The van der Waals surface area contributed by atoms with Crippen LogP contribution in [0.5, 0.6) is 11.5 Å². The van der Waals surface area contributed by atoms with E-state index in [1.54, 1.807) is 25.2 Å². The van der Waals surface area contributed by atoms with E-state index in [0.29, 0.717) is 29.8 Å². The molecule has 1 aromatic heterocycles. The summed E-state index contributed by atoms with van der Waals surface area (Å²) in [4.78, 5) is 19.5. The van der Waals surface area contributed by atoms with Gasteiger partial charge in [-0.1, -0.05) is 55.3 Å². The van der Waals surface area contributed by atoms with Crippen molar-refractivity contribution in [3.63, 3.8) is 0 Å². The molecule has 34 heavy (non-hydrogen) atoms. The lowest BCUT2D eigenvalue weighted by Gasteiger charge is -2.35. The van der Waals surface area contributed by atoms with Gasteiger partial charge in [-0.25, -0.2) is 4.79 Å². The first kappa shape index (κ1) is 23.4. The Balaban J connectivity index is 1.75. The summed E-state index contributed by atoms with van der Waals surface area (Å²) in [5.74, 6) is 2.00. The summed E-state index contributed by atoms with van der Waals surface area (Å²) in [5, 5.41) is 7.36. The number of aromatic nitrogens is 2. The van der Waals surface area contributed by atoms with Gasteiger partial charge in [0.15, 0.2) is 11.5 Å².